The maximum atomic E-state index is 13.8. The maximum Gasteiger partial charge on any atom is 0.338 e. The number of allylic oxidation sites excluding steroid dienone is 1. The average Bonchev–Trinajstić information content (AvgIpc) is 3.26. The highest BCUT2D eigenvalue weighted by Crippen LogP contribution is 2.35. The summed E-state index contributed by atoms with van der Waals surface area (Å²) in [6, 6.07) is 21.6. The highest BCUT2D eigenvalue weighted by molar-refractivity contribution is 7.07. The number of hydrogen-bond donors (Lipinski definition) is 0. The Morgan fingerprint density at radius 3 is 2.50 bits per heavy atom. The van der Waals surface area contributed by atoms with E-state index >= 15 is 0 Å². The molecule has 0 spiro atoms. The van der Waals surface area contributed by atoms with E-state index in [0.29, 0.717) is 49.3 Å². The van der Waals surface area contributed by atoms with Gasteiger partial charge in [0.25, 0.3) is 5.56 Å². The van der Waals surface area contributed by atoms with E-state index in [1.807, 2.05) is 72.8 Å². The SMILES string of the molecule is CCOC(=O)C1=C(C)N=c2s/c(=C\c3ccc(OCc4ccc(Cl)cc4)cc3)c(=O)n2C1c1ccccc1OC. The molecule has 1 aromatic heterocycles. The summed E-state index contributed by atoms with van der Waals surface area (Å²) in [7, 11) is 1.56. The Bertz CT molecular complexity index is 1760. The smallest absolute Gasteiger partial charge is 0.338 e. The van der Waals surface area contributed by atoms with Crippen LogP contribution in [0.2, 0.25) is 5.02 Å². The molecule has 2 heterocycles. The normalized spacial score (nSPS) is 14.9. The van der Waals surface area contributed by atoms with Gasteiger partial charge < -0.3 is 14.2 Å². The van der Waals surface area contributed by atoms with Crippen molar-refractivity contribution in [1.82, 2.24) is 4.57 Å². The Balaban J connectivity index is 1.51. The fourth-order valence-electron chi connectivity index (χ4n) is 4.54. The van der Waals surface area contributed by atoms with E-state index in [1.54, 1.807) is 31.6 Å². The Morgan fingerprint density at radius 2 is 1.80 bits per heavy atom. The minimum atomic E-state index is -0.739. The summed E-state index contributed by atoms with van der Waals surface area (Å²) in [6.07, 6.45) is 1.81. The standard InChI is InChI=1S/C31H27ClN2O5S/c1-4-38-30(36)27-19(2)33-31-34(28(27)24-7-5-6-8-25(24)37-3)29(35)26(40-31)17-20-11-15-23(16-12-20)39-18-21-9-13-22(32)14-10-21/h5-17,28H,4,18H2,1-3H3/b26-17-. The Kier molecular flexibility index (Phi) is 8.19. The monoisotopic (exact) mass is 574 g/mol. The molecule has 1 unspecified atom stereocenters. The van der Waals surface area contributed by atoms with Gasteiger partial charge in [0.05, 0.1) is 29.5 Å². The minimum absolute atomic E-state index is 0.206. The molecule has 204 valence electrons. The predicted molar refractivity (Wildman–Crippen MR) is 156 cm³/mol. The van der Waals surface area contributed by atoms with Crippen LogP contribution in [0, 0.1) is 0 Å². The van der Waals surface area contributed by atoms with Gasteiger partial charge in [0.15, 0.2) is 4.80 Å². The van der Waals surface area contributed by atoms with Gasteiger partial charge in [-0.15, -0.1) is 0 Å². The molecule has 7 nitrogen and oxygen atoms in total. The molecule has 1 aliphatic heterocycles. The van der Waals surface area contributed by atoms with Crippen molar-refractivity contribution in [2.45, 2.75) is 26.5 Å². The second-order valence-electron chi connectivity index (χ2n) is 9.03. The van der Waals surface area contributed by atoms with Crippen molar-refractivity contribution < 1.29 is 19.0 Å². The lowest BCUT2D eigenvalue weighted by molar-refractivity contribution is -0.139. The van der Waals surface area contributed by atoms with Crippen LogP contribution in [0.15, 0.2) is 93.9 Å². The quantitative estimate of drug-likeness (QED) is 0.276. The fourth-order valence-corrected chi connectivity index (χ4v) is 5.71. The number of ether oxygens (including phenoxy) is 3. The number of nitrogens with zero attached hydrogens (tertiary/aromatic N) is 2. The molecule has 0 aliphatic carbocycles. The van der Waals surface area contributed by atoms with Crippen LogP contribution >= 0.6 is 22.9 Å². The van der Waals surface area contributed by atoms with Gasteiger partial charge in [-0.1, -0.05) is 65.4 Å². The van der Waals surface area contributed by atoms with Gasteiger partial charge in [0, 0.05) is 10.6 Å². The van der Waals surface area contributed by atoms with E-state index < -0.39 is 12.0 Å². The molecule has 0 radical (unpaired) electrons. The van der Waals surface area contributed by atoms with Crippen LogP contribution in [0.3, 0.4) is 0 Å². The molecule has 5 rings (SSSR count). The second kappa shape index (κ2) is 11.9. The second-order valence-corrected chi connectivity index (χ2v) is 10.5. The first kappa shape index (κ1) is 27.4. The molecule has 0 bridgehead atoms. The van der Waals surface area contributed by atoms with Crippen molar-refractivity contribution in [3.05, 3.63) is 125 Å². The summed E-state index contributed by atoms with van der Waals surface area (Å²) in [4.78, 5) is 32.0. The number of halogens is 1. The third-order valence-electron chi connectivity index (χ3n) is 6.45. The highest BCUT2D eigenvalue weighted by Gasteiger charge is 2.34. The largest absolute Gasteiger partial charge is 0.496 e. The number of benzene rings is 3. The first-order valence-corrected chi connectivity index (χ1v) is 13.9. The molecule has 0 saturated heterocycles. The number of fused-ring (bicyclic) bond motifs is 1. The van der Waals surface area contributed by atoms with Gasteiger partial charge >= 0.3 is 5.97 Å². The molecule has 3 aromatic carbocycles. The zero-order valence-electron chi connectivity index (χ0n) is 22.2. The molecule has 4 aromatic rings. The number of hydrogen-bond acceptors (Lipinski definition) is 7. The number of rotatable bonds is 8. The Hall–Kier alpha value is -4.14. The lowest BCUT2D eigenvalue weighted by Gasteiger charge is -2.25. The van der Waals surface area contributed by atoms with Crippen molar-refractivity contribution >= 4 is 35.0 Å². The number of thiazole rings is 1. The number of para-hydroxylation sites is 1. The summed E-state index contributed by atoms with van der Waals surface area (Å²) in [6.45, 7) is 4.13. The molecule has 0 fully saturated rings. The number of aromatic nitrogens is 1. The van der Waals surface area contributed by atoms with Crippen molar-refractivity contribution in [3.8, 4) is 11.5 Å². The van der Waals surface area contributed by atoms with Gasteiger partial charge in [0.1, 0.15) is 24.1 Å². The Labute approximate surface area is 240 Å². The van der Waals surface area contributed by atoms with Crippen molar-refractivity contribution in [1.29, 1.82) is 0 Å². The van der Waals surface area contributed by atoms with E-state index in [9.17, 15) is 9.59 Å². The highest BCUT2D eigenvalue weighted by atomic mass is 35.5. The van der Waals surface area contributed by atoms with Crippen LogP contribution in [0.5, 0.6) is 11.5 Å². The average molecular weight is 575 g/mol. The minimum Gasteiger partial charge on any atom is -0.496 e. The zero-order valence-corrected chi connectivity index (χ0v) is 23.8. The molecular formula is C31H27ClN2O5S. The van der Waals surface area contributed by atoms with E-state index in [2.05, 4.69) is 4.99 Å². The van der Waals surface area contributed by atoms with E-state index in [0.717, 1.165) is 11.1 Å². The van der Waals surface area contributed by atoms with Crippen molar-refractivity contribution in [2.75, 3.05) is 13.7 Å². The Morgan fingerprint density at radius 1 is 1.07 bits per heavy atom. The topological polar surface area (TPSA) is 79.1 Å². The zero-order chi connectivity index (χ0) is 28.2. The lowest BCUT2D eigenvalue weighted by Crippen LogP contribution is -2.40. The number of methoxy groups -OCH3 is 1. The van der Waals surface area contributed by atoms with Gasteiger partial charge in [-0.3, -0.25) is 9.36 Å². The number of carbonyl (C=O) groups is 1. The van der Waals surface area contributed by atoms with Crippen LogP contribution in [0.25, 0.3) is 6.08 Å². The maximum absolute atomic E-state index is 13.8. The molecule has 0 N–H and O–H groups in total. The van der Waals surface area contributed by atoms with Crippen LogP contribution in [-0.4, -0.2) is 24.3 Å². The van der Waals surface area contributed by atoms with Gasteiger partial charge in [-0.2, -0.15) is 0 Å². The van der Waals surface area contributed by atoms with E-state index in [-0.39, 0.29) is 12.2 Å². The summed E-state index contributed by atoms with van der Waals surface area (Å²) in [5.41, 5.74) is 3.09. The van der Waals surface area contributed by atoms with Crippen LogP contribution < -0.4 is 24.4 Å². The molecule has 9 heteroatoms. The van der Waals surface area contributed by atoms with E-state index in [1.165, 1.54) is 11.3 Å². The van der Waals surface area contributed by atoms with Crippen LogP contribution in [0.1, 0.15) is 36.6 Å². The summed E-state index contributed by atoms with van der Waals surface area (Å²) in [5.74, 6) is 0.760. The number of carbonyl (C=O) groups excluding carboxylic acids is 1. The summed E-state index contributed by atoms with van der Waals surface area (Å²) >= 11 is 7.22. The molecule has 40 heavy (non-hydrogen) atoms. The van der Waals surface area contributed by atoms with Gasteiger partial charge in [0.2, 0.25) is 0 Å². The first-order valence-electron chi connectivity index (χ1n) is 12.7. The fraction of sp³-hybridized carbons (Fsp3) is 0.194. The molecule has 0 amide bonds. The van der Waals surface area contributed by atoms with Crippen LogP contribution in [0.4, 0.5) is 0 Å². The summed E-state index contributed by atoms with van der Waals surface area (Å²) < 4.78 is 18.9. The van der Waals surface area contributed by atoms with Crippen LogP contribution in [-0.2, 0) is 16.1 Å². The first-order chi connectivity index (χ1) is 19.4. The molecule has 0 saturated carbocycles. The van der Waals surface area contributed by atoms with Gasteiger partial charge in [-0.05, 0) is 61.4 Å². The van der Waals surface area contributed by atoms with E-state index in [4.69, 9.17) is 25.8 Å². The van der Waals surface area contributed by atoms with Crippen molar-refractivity contribution in [2.24, 2.45) is 4.99 Å². The predicted octanol–water partition coefficient (Wildman–Crippen LogP) is 5.04. The molecular weight excluding hydrogens is 548 g/mol. The summed E-state index contributed by atoms with van der Waals surface area (Å²) in [5, 5.41) is 0.680. The molecule has 1 aliphatic rings. The number of esters is 1. The molecule has 1 atom stereocenters. The lowest BCUT2D eigenvalue weighted by atomic mass is 9.95. The van der Waals surface area contributed by atoms with Gasteiger partial charge in [-0.25, -0.2) is 9.79 Å². The third-order valence-corrected chi connectivity index (χ3v) is 7.68. The third kappa shape index (κ3) is 5.59. The van der Waals surface area contributed by atoms with Crippen molar-refractivity contribution in [3.63, 3.8) is 0 Å².